The van der Waals surface area contributed by atoms with Gasteiger partial charge in [0.2, 0.25) is 5.91 Å². The third-order valence-corrected chi connectivity index (χ3v) is 2.52. The second-order valence-electron chi connectivity index (χ2n) is 4.46. The molecule has 5 heteroatoms. The van der Waals surface area contributed by atoms with Gasteiger partial charge < -0.3 is 20.9 Å². The highest BCUT2D eigenvalue weighted by molar-refractivity contribution is 5.83. The fraction of sp³-hybridized carbons (Fsp3) is 0.917. The van der Waals surface area contributed by atoms with Crippen molar-refractivity contribution < 1.29 is 14.3 Å². The lowest BCUT2D eigenvalue weighted by molar-refractivity contribution is -0.122. The van der Waals surface area contributed by atoms with Gasteiger partial charge in [-0.25, -0.2) is 0 Å². The molecule has 0 aromatic rings. The van der Waals surface area contributed by atoms with Gasteiger partial charge in [0.25, 0.3) is 0 Å². The van der Waals surface area contributed by atoms with Gasteiger partial charge in [-0.05, 0) is 32.6 Å². The summed E-state index contributed by atoms with van der Waals surface area (Å²) < 4.78 is 10.6. The van der Waals surface area contributed by atoms with Crippen LogP contribution in [0, 0.1) is 0 Å². The monoisotopic (exact) mass is 246 g/mol. The summed E-state index contributed by atoms with van der Waals surface area (Å²) in [7, 11) is 0. The average molecular weight is 246 g/mol. The number of rotatable bonds is 11. The van der Waals surface area contributed by atoms with E-state index in [1.54, 1.807) is 6.92 Å². The van der Waals surface area contributed by atoms with Crippen molar-refractivity contribution in [1.82, 2.24) is 0 Å². The highest BCUT2D eigenvalue weighted by Crippen LogP contribution is 2.09. The van der Waals surface area contributed by atoms with Crippen molar-refractivity contribution in [1.29, 1.82) is 0 Å². The normalized spacial score (nSPS) is 14.5. The summed E-state index contributed by atoms with van der Waals surface area (Å²) in [6, 6.07) is 0. The number of amides is 1. The molecule has 17 heavy (non-hydrogen) atoms. The van der Waals surface area contributed by atoms with E-state index in [9.17, 15) is 4.79 Å². The first-order valence-electron chi connectivity index (χ1n) is 6.25. The minimum absolute atomic E-state index is 0.452. The Bertz CT molecular complexity index is 208. The van der Waals surface area contributed by atoms with E-state index < -0.39 is 11.4 Å². The Balaban J connectivity index is 3.27. The highest BCUT2D eigenvalue weighted by atomic mass is 16.5. The summed E-state index contributed by atoms with van der Waals surface area (Å²) in [5.41, 5.74) is 9.99. The van der Waals surface area contributed by atoms with Crippen molar-refractivity contribution in [3.05, 3.63) is 0 Å². The molecule has 102 valence electrons. The second kappa shape index (κ2) is 9.39. The first kappa shape index (κ1) is 16.4. The largest absolute Gasteiger partial charge is 0.379 e. The minimum atomic E-state index is -0.899. The minimum Gasteiger partial charge on any atom is -0.379 e. The van der Waals surface area contributed by atoms with Crippen LogP contribution in [0.2, 0.25) is 0 Å². The van der Waals surface area contributed by atoms with Gasteiger partial charge in [0.05, 0.1) is 18.8 Å². The number of hydrogen-bond acceptors (Lipinski definition) is 4. The zero-order chi connectivity index (χ0) is 13.1. The molecule has 0 heterocycles. The van der Waals surface area contributed by atoms with E-state index >= 15 is 0 Å². The van der Waals surface area contributed by atoms with Crippen LogP contribution in [0.4, 0.5) is 0 Å². The molecule has 0 aromatic heterocycles. The predicted octanol–water partition coefficient (Wildman–Crippen LogP) is 0.803. The Labute approximate surface area is 104 Å². The Morgan fingerprint density at radius 2 is 1.71 bits per heavy atom. The van der Waals surface area contributed by atoms with Crippen LogP contribution in [0.3, 0.4) is 0 Å². The molecule has 0 aliphatic carbocycles. The number of carbonyl (C=O) groups excluding carboxylic acids is 1. The van der Waals surface area contributed by atoms with Crippen molar-refractivity contribution in [3.8, 4) is 0 Å². The molecule has 0 rings (SSSR count). The molecule has 0 fully saturated rings. The van der Waals surface area contributed by atoms with Gasteiger partial charge in [-0.3, -0.25) is 4.79 Å². The van der Waals surface area contributed by atoms with Crippen LogP contribution in [-0.2, 0) is 14.3 Å². The molecule has 0 bridgehead atoms. The zero-order valence-electron chi connectivity index (χ0n) is 11.0. The van der Waals surface area contributed by atoms with E-state index in [-0.39, 0.29) is 0 Å². The maximum absolute atomic E-state index is 10.9. The van der Waals surface area contributed by atoms with Crippen LogP contribution in [0.5, 0.6) is 0 Å². The van der Waals surface area contributed by atoms with E-state index in [4.69, 9.17) is 20.9 Å². The van der Waals surface area contributed by atoms with E-state index in [1.807, 2.05) is 0 Å². The van der Waals surface area contributed by atoms with Crippen molar-refractivity contribution in [2.75, 3.05) is 26.4 Å². The van der Waals surface area contributed by atoms with E-state index in [2.05, 4.69) is 6.92 Å². The fourth-order valence-corrected chi connectivity index (χ4v) is 1.29. The Morgan fingerprint density at radius 3 is 2.24 bits per heavy atom. The molecule has 0 aliphatic heterocycles. The zero-order valence-corrected chi connectivity index (χ0v) is 11.0. The van der Waals surface area contributed by atoms with Crippen molar-refractivity contribution >= 4 is 5.91 Å². The number of unbranched alkanes of at least 4 members (excludes halogenated alkanes) is 1. The lowest BCUT2D eigenvalue weighted by atomic mass is 9.96. The standard InChI is InChI=1S/C12H26N2O3/c1-3-7-16-9-10-17-8-5-4-6-12(2,14)11(13)15/h3-10,14H2,1-2H3,(H2,13,15). The second-order valence-corrected chi connectivity index (χ2v) is 4.46. The van der Waals surface area contributed by atoms with Gasteiger partial charge in [0.15, 0.2) is 0 Å². The highest BCUT2D eigenvalue weighted by Gasteiger charge is 2.24. The van der Waals surface area contributed by atoms with Gasteiger partial charge in [0, 0.05) is 13.2 Å². The SMILES string of the molecule is CCCOCCOCCCCC(C)(N)C(N)=O. The Morgan fingerprint density at radius 1 is 1.12 bits per heavy atom. The Kier molecular flexibility index (Phi) is 9.03. The van der Waals surface area contributed by atoms with Gasteiger partial charge in [-0.2, -0.15) is 0 Å². The van der Waals surface area contributed by atoms with Crippen LogP contribution < -0.4 is 11.5 Å². The summed E-state index contributed by atoms with van der Waals surface area (Å²) in [5.74, 6) is -0.452. The quantitative estimate of drug-likeness (QED) is 0.528. The molecule has 0 saturated carbocycles. The summed E-state index contributed by atoms with van der Waals surface area (Å²) in [5, 5.41) is 0. The first-order chi connectivity index (χ1) is 8.00. The molecule has 0 saturated heterocycles. The number of ether oxygens (including phenoxy) is 2. The summed E-state index contributed by atoms with van der Waals surface area (Å²) in [6.45, 7) is 6.45. The Hall–Kier alpha value is -0.650. The van der Waals surface area contributed by atoms with E-state index in [1.165, 1.54) is 0 Å². The van der Waals surface area contributed by atoms with Crippen LogP contribution in [0.15, 0.2) is 0 Å². The number of nitrogens with two attached hydrogens (primary N) is 2. The predicted molar refractivity (Wildman–Crippen MR) is 67.6 cm³/mol. The third-order valence-electron chi connectivity index (χ3n) is 2.52. The molecule has 1 atom stereocenters. The van der Waals surface area contributed by atoms with E-state index in [0.29, 0.717) is 26.2 Å². The van der Waals surface area contributed by atoms with Crippen LogP contribution in [0.1, 0.15) is 39.5 Å². The first-order valence-corrected chi connectivity index (χ1v) is 6.25. The molecule has 4 N–H and O–H groups in total. The van der Waals surface area contributed by atoms with Crippen LogP contribution in [0.25, 0.3) is 0 Å². The molecule has 0 radical (unpaired) electrons. The lowest BCUT2D eigenvalue weighted by Gasteiger charge is -2.19. The summed E-state index contributed by atoms with van der Waals surface area (Å²) in [6.07, 6.45) is 3.35. The number of hydrogen-bond donors (Lipinski definition) is 2. The van der Waals surface area contributed by atoms with E-state index in [0.717, 1.165) is 25.9 Å². The molecule has 1 unspecified atom stereocenters. The maximum atomic E-state index is 10.9. The van der Waals surface area contributed by atoms with Gasteiger partial charge in [-0.15, -0.1) is 0 Å². The fourth-order valence-electron chi connectivity index (χ4n) is 1.29. The number of primary amides is 1. The molecule has 5 nitrogen and oxygen atoms in total. The molecule has 0 aliphatic rings. The third kappa shape index (κ3) is 9.09. The maximum Gasteiger partial charge on any atom is 0.237 e. The van der Waals surface area contributed by atoms with Crippen LogP contribution in [-0.4, -0.2) is 37.9 Å². The summed E-state index contributed by atoms with van der Waals surface area (Å²) in [4.78, 5) is 10.9. The van der Waals surface area contributed by atoms with Gasteiger partial charge in [-0.1, -0.05) is 6.92 Å². The summed E-state index contributed by atoms with van der Waals surface area (Å²) >= 11 is 0. The van der Waals surface area contributed by atoms with Crippen LogP contribution >= 0.6 is 0 Å². The number of carbonyl (C=O) groups is 1. The molecule has 0 aromatic carbocycles. The molecule has 0 spiro atoms. The van der Waals surface area contributed by atoms with Gasteiger partial charge in [0.1, 0.15) is 0 Å². The van der Waals surface area contributed by atoms with Crippen molar-refractivity contribution in [2.24, 2.45) is 11.5 Å². The molecule has 1 amide bonds. The van der Waals surface area contributed by atoms with Crippen molar-refractivity contribution in [2.45, 2.75) is 45.1 Å². The van der Waals surface area contributed by atoms with Gasteiger partial charge >= 0.3 is 0 Å². The topological polar surface area (TPSA) is 87.6 Å². The lowest BCUT2D eigenvalue weighted by Crippen LogP contribution is -2.49. The van der Waals surface area contributed by atoms with Crippen molar-refractivity contribution in [3.63, 3.8) is 0 Å². The molecular weight excluding hydrogens is 220 g/mol. The molecular formula is C12H26N2O3. The average Bonchev–Trinajstić information content (AvgIpc) is 2.26. The smallest absolute Gasteiger partial charge is 0.237 e.